The van der Waals surface area contributed by atoms with Gasteiger partial charge in [-0.1, -0.05) is 24.0 Å². The molecule has 0 aromatic heterocycles. The standard InChI is InChI=1S/C11H12O2/c12-7-2-5-10-3-1-4-11(9-10)6-8-13/h1,3-4,9,12-13H,6-8H2. The van der Waals surface area contributed by atoms with E-state index in [0.29, 0.717) is 6.42 Å². The lowest BCUT2D eigenvalue weighted by molar-refractivity contribution is 0.299. The zero-order chi connectivity index (χ0) is 9.52. The second-order valence-corrected chi connectivity index (χ2v) is 2.63. The van der Waals surface area contributed by atoms with Gasteiger partial charge in [0.2, 0.25) is 0 Å². The van der Waals surface area contributed by atoms with Crippen LogP contribution < -0.4 is 0 Å². The summed E-state index contributed by atoms with van der Waals surface area (Å²) in [6.07, 6.45) is 0.647. The maximum Gasteiger partial charge on any atom is 0.104 e. The quantitative estimate of drug-likeness (QED) is 0.646. The molecule has 0 amide bonds. The van der Waals surface area contributed by atoms with Gasteiger partial charge in [0.15, 0.2) is 0 Å². The monoisotopic (exact) mass is 176 g/mol. The van der Waals surface area contributed by atoms with Crippen molar-refractivity contribution < 1.29 is 10.2 Å². The van der Waals surface area contributed by atoms with Gasteiger partial charge in [0.1, 0.15) is 6.61 Å². The van der Waals surface area contributed by atoms with E-state index in [4.69, 9.17) is 10.2 Å². The first kappa shape index (κ1) is 9.79. The molecule has 0 saturated carbocycles. The van der Waals surface area contributed by atoms with Gasteiger partial charge in [-0.15, -0.1) is 0 Å². The first-order valence-corrected chi connectivity index (χ1v) is 4.16. The first-order chi connectivity index (χ1) is 6.36. The van der Waals surface area contributed by atoms with Crippen molar-refractivity contribution in [1.29, 1.82) is 0 Å². The van der Waals surface area contributed by atoms with Gasteiger partial charge in [-0.05, 0) is 24.1 Å². The Morgan fingerprint density at radius 3 is 2.77 bits per heavy atom. The zero-order valence-electron chi connectivity index (χ0n) is 7.33. The predicted molar refractivity (Wildman–Crippen MR) is 51.2 cm³/mol. The molecule has 0 fully saturated rings. The normalized spacial score (nSPS) is 9.08. The number of aliphatic hydroxyl groups excluding tert-OH is 2. The Balaban J connectivity index is 2.79. The minimum absolute atomic E-state index is 0.121. The number of hydrogen-bond acceptors (Lipinski definition) is 2. The largest absolute Gasteiger partial charge is 0.396 e. The van der Waals surface area contributed by atoms with Crippen LogP contribution in [0.2, 0.25) is 0 Å². The first-order valence-electron chi connectivity index (χ1n) is 4.16. The van der Waals surface area contributed by atoms with E-state index in [1.807, 2.05) is 24.3 Å². The molecule has 0 spiro atoms. The van der Waals surface area contributed by atoms with Gasteiger partial charge >= 0.3 is 0 Å². The maximum atomic E-state index is 8.71. The summed E-state index contributed by atoms with van der Waals surface area (Å²) in [4.78, 5) is 0. The molecule has 0 saturated heterocycles. The summed E-state index contributed by atoms with van der Waals surface area (Å²) in [5.41, 5.74) is 1.94. The highest BCUT2D eigenvalue weighted by molar-refractivity contribution is 5.37. The van der Waals surface area contributed by atoms with Gasteiger partial charge in [-0.3, -0.25) is 0 Å². The van der Waals surface area contributed by atoms with E-state index in [0.717, 1.165) is 11.1 Å². The molecular weight excluding hydrogens is 164 g/mol. The van der Waals surface area contributed by atoms with E-state index in [9.17, 15) is 0 Å². The fourth-order valence-electron chi connectivity index (χ4n) is 1.08. The molecule has 2 nitrogen and oxygen atoms in total. The van der Waals surface area contributed by atoms with Crippen molar-refractivity contribution in [3.05, 3.63) is 35.4 Å². The van der Waals surface area contributed by atoms with Crippen molar-refractivity contribution in [3.8, 4) is 11.8 Å². The van der Waals surface area contributed by atoms with Crippen molar-refractivity contribution in [2.24, 2.45) is 0 Å². The fraction of sp³-hybridized carbons (Fsp3) is 0.273. The van der Waals surface area contributed by atoms with Crippen molar-refractivity contribution in [2.45, 2.75) is 6.42 Å². The van der Waals surface area contributed by atoms with Gasteiger partial charge in [0.05, 0.1) is 0 Å². The molecule has 1 aromatic rings. The molecule has 0 aliphatic rings. The summed E-state index contributed by atoms with van der Waals surface area (Å²) in [5.74, 6) is 5.39. The van der Waals surface area contributed by atoms with E-state index in [-0.39, 0.29) is 13.2 Å². The lowest BCUT2D eigenvalue weighted by Crippen LogP contribution is -1.90. The average molecular weight is 176 g/mol. The average Bonchev–Trinajstić information content (AvgIpc) is 2.16. The smallest absolute Gasteiger partial charge is 0.104 e. The third kappa shape index (κ3) is 3.29. The molecule has 2 N–H and O–H groups in total. The van der Waals surface area contributed by atoms with Gasteiger partial charge in [-0.2, -0.15) is 0 Å². The summed E-state index contributed by atoms with van der Waals surface area (Å²) < 4.78 is 0. The maximum absolute atomic E-state index is 8.71. The molecule has 0 heterocycles. The van der Waals surface area contributed by atoms with Gasteiger partial charge in [0, 0.05) is 12.2 Å². The highest BCUT2D eigenvalue weighted by atomic mass is 16.3. The topological polar surface area (TPSA) is 40.5 Å². The minimum Gasteiger partial charge on any atom is -0.396 e. The van der Waals surface area contributed by atoms with Crippen LogP contribution >= 0.6 is 0 Å². The van der Waals surface area contributed by atoms with E-state index in [1.165, 1.54) is 0 Å². The van der Waals surface area contributed by atoms with Crippen LogP contribution in [-0.4, -0.2) is 23.4 Å². The predicted octanol–water partition coefficient (Wildman–Crippen LogP) is 0.565. The molecule has 0 aliphatic carbocycles. The summed E-state index contributed by atoms with van der Waals surface area (Å²) in [7, 11) is 0. The van der Waals surface area contributed by atoms with Gasteiger partial charge < -0.3 is 10.2 Å². The molecule has 0 bridgehead atoms. The molecule has 13 heavy (non-hydrogen) atoms. The molecule has 0 radical (unpaired) electrons. The Labute approximate surface area is 77.8 Å². The highest BCUT2D eigenvalue weighted by Gasteiger charge is 1.91. The number of hydrogen-bond donors (Lipinski definition) is 2. The van der Waals surface area contributed by atoms with E-state index in [1.54, 1.807) is 0 Å². The lowest BCUT2D eigenvalue weighted by Gasteiger charge is -1.97. The summed E-state index contributed by atoms with van der Waals surface area (Å²) >= 11 is 0. The minimum atomic E-state index is -0.121. The summed E-state index contributed by atoms with van der Waals surface area (Å²) in [5, 5.41) is 17.2. The second kappa shape index (κ2) is 5.36. The van der Waals surface area contributed by atoms with Crippen LogP contribution in [0.15, 0.2) is 24.3 Å². The van der Waals surface area contributed by atoms with E-state index in [2.05, 4.69) is 11.8 Å². The molecule has 0 atom stereocenters. The number of benzene rings is 1. The van der Waals surface area contributed by atoms with Gasteiger partial charge in [-0.25, -0.2) is 0 Å². The zero-order valence-corrected chi connectivity index (χ0v) is 7.33. The van der Waals surface area contributed by atoms with E-state index < -0.39 is 0 Å². The Morgan fingerprint density at radius 2 is 2.08 bits per heavy atom. The fourth-order valence-corrected chi connectivity index (χ4v) is 1.08. The van der Waals surface area contributed by atoms with Crippen LogP contribution in [0.5, 0.6) is 0 Å². The van der Waals surface area contributed by atoms with Crippen molar-refractivity contribution >= 4 is 0 Å². The summed E-state index contributed by atoms with van der Waals surface area (Å²) in [6, 6.07) is 7.63. The Hall–Kier alpha value is -1.30. The molecule has 68 valence electrons. The molecule has 2 heteroatoms. The Bertz CT molecular complexity index is 320. The van der Waals surface area contributed by atoms with Crippen molar-refractivity contribution in [1.82, 2.24) is 0 Å². The second-order valence-electron chi connectivity index (χ2n) is 2.63. The lowest BCUT2D eigenvalue weighted by atomic mass is 10.1. The molecule has 0 unspecified atom stereocenters. The Morgan fingerprint density at radius 1 is 1.23 bits per heavy atom. The summed E-state index contributed by atoms with van der Waals surface area (Å²) in [6.45, 7) is 0.0289. The van der Waals surface area contributed by atoms with Gasteiger partial charge in [0.25, 0.3) is 0 Å². The van der Waals surface area contributed by atoms with Crippen molar-refractivity contribution in [3.63, 3.8) is 0 Å². The molecule has 0 aliphatic heterocycles. The van der Waals surface area contributed by atoms with Crippen LogP contribution in [0.1, 0.15) is 11.1 Å². The Kier molecular flexibility index (Phi) is 4.04. The molecule has 1 rings (SSSR count). The molecular formula is C11H12O2. The number of rotatable bonds is 2. The van der Waals surface area contributed by atoms with Crippen LogP contribution in [0, 0.1) is 11.8 Å². The molecule has 1 aromatic carbocycles. The highest BCUT2D eigenvalue weighted by Crippen LogP contribution is 2.04. The van der Waals surface area contributed by atoms with Crippen LogP contribution in [0.4, 0.5) is 0 Å². The van der Waals surface area contributed by atoms with Crippen LogP contribution in [0.3, 0.4) is 0 Å². The third-order valence-electron chi connectivity index (χ3n) is 1.64. The number of aliphatic hydroxyl groups is 2. The van der Waals surface area contributed by atoms with Crippen LogP contribution in [0.25, 0.3) is 0 Å². The van der Waals surface area contributed by atoms with Crippen LogP contribution in [-0.2, 0) is 6.42 Å². The third-order valence-corrected chi connectivity index (χ3v) is 1.64. The van der Waals surface area contributed by atoms with Crippen molar-refractivity contribution in [2.75, 3.05) is 13.2 Å². The SMILES string of the molecule is OCC#Cc1cccc(CCO)c1. The van der Waals surface area contributed by atoms with E-state index >= 15 is 0 Å².